The van der Waals surface area contributed by atoms with Crippen molar-refractivity contribution in [2.75, 3.05) is 0 Å². The van der Waals surface area contributed by atoms with Crippen LogP contribution in [0.15, 0.2) is 40.8 Å². The highest BCUT2D eigenvalue weighted by Gasteiger charge is 2.43. The van der Waals surface area contributed by atoms with E-state index >= 15 is 0 Å². The first-order valence-corrected chi connectivity index (χ1v) is 13.6. The molecule has 1 aromatic heterocycles. The molecule has 8 heteroatoms. The number of para-hydroxylation sites is 2. The minimum atomic E-state index is -4.77. The van der Waals surface area contributed by atoms with Crippen molar-refractivity contribution in [3.63, 3.8) is 0 Å². The number of nitrogens with zero attached hydrogens (tertiary/aromatic N) is 3. The van der Waals surface area contributed by atoms with Crippen LogP contribution in [0.5, 0.6) is 0 Å². The van der Waals surface area contributed by atoms with Gasteiger partial charge in [-0.25, -0.2) is 4.98 Å². The van der Waals surface area contributed by atoms with E-state index in [1.54, 1.807) is 16.7 Å². The van der Waals surface area contributed by atoms with Crippen molar-refractivity contribution in [1.29, 1.82) is 0 Å². The van der Waals surface area contributed by atoms with Crippen LogP contribution >= 0.6 is 7.60 Å². The predicted octanol–water partition coefficient (Wildman–Crippen LogP) is 3.46. The van der Waals surface area contributed by atoms with Crippen LogP contribution < -0.4 is 11.0 Å². The number of benzene rings is 1. The van der Waals surface area contributed by atoms with E-state index in [-0.39, 0.29) is 6.04 Å². The third-order valence-electron chi connectivity index (χ3n) is 8.24. The molecule has 3 heterocycles. The van der Waals surface area contributed by atoms with Gasteiger partial charge in [0.1, 0.15) is 0 Å². The van der Waals surface area contributed by atoms with E-state index in [1.165, 1.54) is 44.2 Å². The lowest BCUT2D eigenvalue weighted by molar-refractivity contribution is 0.0705. The fourth-order valence-electron chi connectivity index (χ4n) is 7.08. The minimum Gasteiger partial charge on any atom is -0.369 e. The highest BCUT2D eigenvalue weighted by atomic mass is 31.2. The largest absolute Gasteiger partial charge is 0.380 e. The number of aromatic nitrogens is 2. The zero-order valence-corrected chi connectivity index (χ0v) is 19.0. The molecule has 6 rings (SSSR count). The second-order valence-corrected chi connectivity index (χ2v) is 11.7. The van der Waals surface area contributed by atoms with E-state index in [1.807, 2.05) is 12.1 Å². The van der Waals surface area contributed by atoms with Crippen LogP contribution in [0.2, 0.25) is 0 Å². The van der Waals surface area contributed by atoms with Crippen molar-refractivity contribution in [3.05, 3.63) is 46.4 Å². The van der Waals surface area contributed by atoms with Gasteiger partial charge in [-0.1, -0.05) is 31.4 Å². The molecule has 5 atom stereocenters. The number of fused-ring (bicyclic) bond motifs is 5. The summed E-state index contributed by atoms with van der Waals surface area (Å²) in [6.07, 6.45) is 13.2. The number of hydrogen-bond acceptors (Lipinski definition) is 4. The van der Waals surface area contributed by atoms with E-state index in [9.17, 15) is 19.1 Å². The summed E-state index contributed by atoms with van der Waals surface area (Å²) in [6.45, 7) is 0. The molecule has 2 aliphatic heterocycles. The molecule has 0 radical (unpaired) electrons. The Morgan fingerprint density at radius 2 is 1.72 bits per heavy atom. The molecule has 2 saturated carbocycles. The summed E-state index contributed by atoms with van der Waals surface area (Å²) in [6, 6.07) is 7.94. The van der Waals surface area contributed by atoms with E-state index in [2.05, 4.69) is 16.0 Å². The minimum absolute atomic E-state index is 0.206. The molecule has 32 heavy (non-hydrogen) atoms. The number of allylic oxidation sites excluding steroid dienone is 2. The SMILES string of the molecule is O=c1c(P(=O)(O)O)nc2ccccc2n1[C@H]1C=C2CC[C@@H](C1)N2C1C[C@H]2CCC[C@@H](C1)C2. The third kappa shape index (κ3) is 3.37. The fourth-order valence-corrected chi connectivity index (χ4v) is 7.68. The smallest absolute Gasteiger partial charge is 0.369 e. The molecule has 2 N–H and O–H groups in total. The molecular weight excluding hydrogens is 425 g/mol. The zero-order valence-electron chi connectivity index (χ0n) is 18.1. The average Bonchev–Trinajstić information content (AvgIpc) is 3.02. The molecule has 1 unspecified atom stereocenters. The zero-order chi connectivity index (χ0) is 22.0. The first-order chi connectivity index (χ1) is 15.4. The Morgan fingerprint density at radius 1 is 0.969 bits per heavy atom. The van der Waals surface area contributed by atoms with Gasteiger partial charge in [-0.15, -0.1) is 0 Å². The van der Waals surface area contributed by atoms with Crippen molar-refractivity contribution in [2.45, 2.75) is 75.9 Å². The van der Waals surface area contributed by atoms with Gasteiger partial charge in [0.2, 0.25) is 5.44 Å². The predicted molar refractivity (Wildman–Crippen MR) is 123 cm³/mol. The summed E-state index contributed by atoms with van der Waals surface area (Å²) >= 11 is 0. The maximum atomic E-state index is 13.2. The van der Waals surface area contributed by atoms with Gasteiger partial charge in [0, 0.05) is 17.8 Å². The first kappa shape index (κ1) is 20.6. The lowest BCUT2D eigenvalue weighted by atomic mass is 9.70. The highest BCUT2D eigenvalue weighted by Crippen LogP contribution is 2.48. The summed E-state index contributed by atoms with van der Waals surface area (Å²) < 4.78 is 13.6. The Morgan fingerprint density at radius 3 is 2.44 bits per heavy atom. The van der Waals surface area contributed by atoms with Gasteiger partial charge in [-0.05, 0) is 68.6 Å². The standard InChI is InChI=1S/C24H30N3O4P/c28-24-23(32(29,30)31)25-21-6-1-2-7-22(21)27(24)20-13-17-8-9-18(14-20)26(17)19-11-15-4-3-5-16(10-15)12-19/h1-2,6-7,13,15-16,18-20H,3-5,8-12,14H2,(H2,29,30,31)/t15-,16+,18-,19?,20-/m0/s1. The average molecular weight is 455 g/mol. The summed E-state index contributed by atoms with van der Waals surface area (Å²) in [4.78, 5) is 39.5. The Balaban J connectivity index is 1.41. The van der Waals surface area contributed by atoms with E-state index in [0.717, 1.165) is 31.1 Å². The Hall–Kier alpha value is -1.95. The van der Waals surface area contributed by atoms with Crippen LogP contribution in [-0.4, -0.2) is 36.3 Å². The molecule has 4 bridgehead atoms. The molecule has 2 aromatic rings. The molecule has 0 amide bonds. The van der Waals surface area contributed by atoms with Gasteiger partial charge in [-0.2, -0.15) is 0 Å². The molecule has 170 valence electrons. The molecule has 2 aliphatic carbocycles. The normalized spacial score (nSPS) is 32.2. The van der Waals surface area contributed by atoms with Gasteiger partial charge in [0.15, 0.2) is 0 Å². The number of rotatable bonds is 3. The van der Waals surface area contributed by atoms with Gasteiger partial charge in [0.25, 0.3) is 5.56 Å². The van der Waals surface area contributed by atoms with E-state index in [0.29, 0.717) is 23.1 Å². The van der Waals surface area contributed by atoms with Crippen LogP contribution in [0.4, 0.5) is 0 Å². The molecule has 3 fully saturated rings. The van der Waals surface area contributed by atoms with Gasteiger partial charge < -0.3 is 14.7 Å². The summed E-state index contributed by atoms with van der Waals surface area (Å²) in [7, 11) is -4.77. The highest BCUT2D eigenvalue weighted by molar-refractivity contribution is 7.59. The lowest BCUT2D eigenvalue weighted by Crippen LogP contribution is -2.47. The van der Waals surface area contributed by atoms with Gasteiger partial charge >= 0.3 is 7.60 Å². The molecule has 0 spiro atoms. The molecule has 4 aliphatic rings. The Bertz CT molecular complexity index is 1190. The quantitative estimate of drug-likeness (QED) is 0.689. The second kappa shape index (κ2) is 7.54. The number of hydrogen-bond donors (Lipinski definition) is 2. The van der Waals surface area contributed by atoms with Crippen LogP contribution in [0.25, 0.3) is 11.0 Å². The summed E-state index contributed by atoms with van der Waals surface area (Å²) in [5, 5.41) is 0. The van der Waals surface area contributed by atoms with Crippen LogP contribution in [-0.2, 0) is 4.57 Å². The summed E-state index contributed by atoms with van der Waals surface area (Å²) in [5.74, 6) is 1.73. The second-order valence-electron chi connectivity index (χ2n) is 10.2. The van der Waals surface area contributed by atoms with Crippen LogP contribution in [0.3, 0.4) is 0 Å². The van der Waals surface area contributed by atoms with Crippen molar-refractivity contribution in [2.24, 2.45) is 11.8 Å². The van der Waals surface area contributed by atoms with Gasteiger partial charge in [-0.3, -0.25) is 13.9 Å². The Labute approximate surface area is 187 Å². The maximum absolute atomic E-state index is 13.2. The van der Waals surface area contributed by atoms with E-state index in [4.69, 9.17) is 0 Å². The molecule has 1 saturated heterocycles. The monoisotopic (exact) mass is 455 g/mol. The van der Waals surface area contributed by atoms with Crippen LogP contribution in [0.1, 0.15) is 63.8 Å². The summed E-state index contributed by atoms with van der Waals surface area (Å²) in [5.41, 5.74) is 1.08. The molecule has 7 nitrogen and oxygen atoms in total. The van der Waals surface area contributed by atoms with E-state index < -0.39 is 18.6 Å². The lowest BCUT2D eigenvalue weighted by Gasteiger charge is -2.47. The van der Waals surface area contributed by atoms with Gasteiger partial charge in [0.05, 0.1) is 17.1 Å². The molecular formula is C24H30N3O4P. The Kier molecular flexibility index (Phi) is 4.87. The molecule has 1 aromatic carbocycles. The third-order valence-corrected chi connectivity index (χ3v) is 9.08. The maximum Gasteiger partial charge on any atom is 0.380 e. The topological polar surface area (TPSA) is 95.7 Å². The van der Waals surface area contributed by atoms with Crippen molar-refractivity contribution < 1.29 is 14.4 Å². The fraction of sp³-hybridized carbons (Fsp3) is 0.583. The van der Waals surface area contributed by atoms with Crippen molar-refractivity contribution in [1.82, 2.24) is 14.5 Å². The van der Waals surface area contributed by atoms with Crippen molar-refractivity contribution >= 4 is 24.1 Å². The van der Waals surface area contributed by atoms with Crippen molar-refractivity contribution in [3.8, 4) is 0 Å². The van der Waals surface area contributed by atoms with Crippen LogP contribution in [0, 0.1) is 11.8 Å². The first-order valence-electron chi connectivity index (χ1n) is 11.9.